The highest BCUT2D eigenvalue weighted by molar-refractivity contribution is 8.00. The number of anilines is 1. The van der Waals surface area contributed by atoms with Gasteiger partial charge in [-0.25, -0.2) is 4.68 Å². The number of hydrogen-bond acceptors (Lipinski definition) is 5. The lowest BCUT2D eigenvalue weighted by Crippen LogP contribution is -2.23. The molecule has 0 radical (unpaired) electrons. The van der Waals surface area contributed by atoms with E-state index in [0.717, 1.165) is 16.8 Å². The maximum absolute atomic E-state index is 12.5. The molecular weight excluding hydrogens is 346 g/mol. The first-order valence-electron chi connectivity index (χ1n) is 8.38. The maximum Gasteiger partial charge on any atom is 0.237 e. The van der Waals surface area contributed by atoms with Crippen molar-refractivity contribution in [2.75, 3.05) is 5.32 Å². The van der Waals surface area contributed by atoms with Crippen LogP contribution in [0.5, 0.6) is 0 Å². The molecule has 1 heterocycles. The minimum absolute atomic E-state index is 0.0729. The summed E-state index contributed by atoms with van der Waals surface area (Å²) in [6, 6.07) is 15.9. The van der Waals surface area contributed by atoms with Gasteiger partial charge in [0.25, 0.3) is 0 Å². The highest BCUT2D eigenvalue weighted by Crippen LogP contribution is 2.23. The molecule has 26 heavy (non-hydrogen) atoms. The third-order valence-electron chi connectivity index (χ3n) is 3.97. The Hall–Kier alpha value is -2.67. The van der Waals surface area contributed by atoms with Crippen molar-refractivity contribution in [3.63, 3.8) is 0 Å². The number of rotatable bonds is 6. The molecule has 0 saturated carbocycles. The van der Waals surface area contributed by atoms with E-state index < -0.39 is 0 Å². The van der Waals surface area contributed by atoms with E-state index in [2.05, 4.69) is 20.8 Å². The molecular formula is C19H21N5OS. The Bertz CT molecular complexity index is 894. The fourth-order valence-corrected chi connectivity index (χ4v) is 3.32. The first kappa shape index (κ1) is 18.1. The number of carbonyl (C=O) groups is 1. The van der Waals surface area contributed by atoms with Crippen molar-refractivity contribution in [2.24, 2.45) is 0 Å². The van der Waals surface area contributed by atoms with Gasteiger partial charge in [-0.1, -0.05) is 59.8 Å². The van der Waals surface area contributed by atoms with Crippen LogP contribution in [0.3, 0.4) is 0 Å². The highest BCUT2D eigenvalue weighted by Gasteiger charge is 2.19. The monoisotopic (exact) mass is 367 g/mol. The molecule has 2 aromatic carbocycles. The third-order valence-corrected chi connectivity index (χ3v) is 5.04. The molecule has 1 aromatic heterocycles. The second kappa shape index (κ2) is 8.14. The number of aryl methyl sites for hydroxylation is 2. The molecule has 1 amide bonds. The van der Waals surface area contributed by atoms with Gasteiger partial charge in [-0.15, -0.1) is 5.10 Å². The first-order chi connectivity index (χ1) is 12.5. The minimum atomic E-state index is -0.323. The quantitative estimate of drug-likeness (QED) is 0.676. The van der Waals surface area contributed by atoms with E-state index in [-0.39, 0.29) is 11.2 Å². The van der Waals surface area contributed by atoms with E-state index in [0.29, 0.717) is 11.7 Å². The number of hydrogen-bond donors (Lipinski definition) is 1. The summed E-state index contributed by atoms with van der Waals surface area (Å²) in [5.74, 6) is -0.0729. The fourth-order valence-electron chi connectivity index (χ4n) is 2.54. The Labute approximate surface area is 157 Å². The van der Waals surface area contributed by atoms with Gasteiger partial charge in [-0.3, -0.25) is 4.79 Å². The summed E-state index contributed by atoms with van der Waals surface area (Å²) in [4.78, 5) is 12.5. The van der Waals surface area contributed by atoms with E-state index in [1.807, 2.05) is 69.3 Å². The van der Waals surface area contributed by atoms with E-state index >= 15 is 0 Å². The number of tetrazole rings is 1. The molecule has 0 saturated heterocycles. The molecule has 0 spiro atoms. The topological polar surface area (TPSA) is 72.7 Å². The molecule has 0 aliphatic rings. The standard InChI is InChI=1S/C19H21N5OS/c1-13-9-10-17(14(2)11-13)20-18(25)15(3)26-19-21-22-23-24(19)12-16-7-5-4-6-8-16/h4-11,15H,12H2,1-3H3,(H,20,25). The largest absolute Gasteiger partial charge is 0.325 e. The van der Waals surface area contributed by atoms with Crippen LogP contribution in [0.2, 0.25) is 0 Å². The second-order valence-corrected chi connectivity index (χ2v) is 7.48. The van der Waals surface area contributed by atoms with Gasteiger partial charge in [0.1, 0.15) is 0 Å². The van der Waals surface area contributed by atoms with Gasteiger partial charge in [0.2, 0.25) is 11.1 Å². The number of nitrogens with one attached hydrogen (secondary N) is 1. The van der Waals surface area contributed by atoms with Crippen LogP contribution in [-0.2, 0) is 11.3 Å². The van der Waals surface area contributed by atoms with Crippen LogP contribution >= 0.6 is 11.8 Å². The molecule has 1 atom stereocenters. The van der Waals surface area contributed by atoms with Crippen LogP contribution in [0, 0.1) is 13.8 Å². The molecule has 3 aromatic rings. The Morgan fingerprint density at radius 1 is 1.19 bits per heavy atom. The van der Waals surface area contributed by atoms with Crippen molar-refractivity contribution in [3.8, 4) is 0 Å². The summed E-state index contributed by atoms with van der Waals surface area (Å²) < 4.78 is 1.71. The van der Waals surface area contributed by atoms with Gasteiger partial charge in [0, 0.05) is 5.69 Å². The van der Waals surface area contributed by atoms with Crippen molar-refractivity contribution >= 4 is 23.4 Å². The van der Waals surface area contributed by atoms with Crippen molar-refractivity contribution in [1.82, 2.24) is 20.2 Å². The van der Waals surface area contributed by atoms with Crippen LogP contribution in [-0.4, -0.2) is 31.4 Å². The van der Waals surface area contributed by atoms with Crippen molar-refractivity contribution in [2.45, 2.75) is 37.7 Å². The van der Waals surface area contributed by atoms with Crippen molar-refractivity contribution < 1.29 is 4.79 Å². The molecule has 1 N–H and O–H groups in total. The molecule has 3 rings (SSSR count). The Morgan fingerprint density at radius 2 is 1.96 bits per heavy atom. The van der Waals surface area contributed by atoms with Crippen molar-refractivity contribution in [1.29, 1.82) is 0 Å². The summed E-state index contributed by atoms with van der Waals surface area (Å²) in [5, 5.41) is 15.1. The zero-order valence-corrected chi connectivity index (χ0v) is 15.8. The van der Waals surface area contributed by atoms with E-state index in [1.165, 1.54) is 17.3 Å². The predicted molar refractivity (Wildman–Crippen MR) is 103 cm³/mol. The summed E-state index contributed by atoms with van der Waals surface area (Å²) in [5.41, 5.74) is 4.15. The summed E-state index contributed by atoms with van der Waals surface area (Å²) in [6.07, 6.45) is 0. The van der Waals surface area contributed by atoms with Gasteiger partial charge >= 0.3 is 0 Å². The highest BCUT2D eigenvalue weighted by atomic mass is 32.2. The van der Waals surface area contributed by atoms with E-state index in [1.54, 1.807) is 4.68 Å². The Morgan fingerprint density at radius 3 is 2.69 bits per heavy atom. The summed E-state index contributed by atoms with van der Waals surface area (Å²) >= 11 is 1.35. The Balaban J connectivity index is 1.65. The molecule has 1 unspecified atom stereocenters. The maximum atomic E-state index is 12.5. The smallest absolute Gasteiger partial charge is 0.237 e. The number of amides is 1. The van der Waals surface area contributed by atoms with Gasteiger partial charge < -0.3 is 5.32 Å². The van der Waals surface area contributed by atoms with E-state index in [4.69, 9.17) is 0 Å². The summed E-state index contributed by atoms with van der Waals surface area (Å²) in [6.45, 7) is 6.44. The third kappa shape index (κ3) is 4.49. The molecule has 7 heteroatoms. The number of thioether (sulfide) groups is 1. The lowest BCUT2D eigenvalue weighted by molar-refractivity contribution is -0.115. The number of carbonyl (C=O) groups excluding carboxylic acids is 1. The number of benzene rings is 2. The van der Waals surface area contributed by atoms with Crippen LogP contribution in [0.15, 0.2) is 53.7 Å². The zero-order valence-electron chi connectivity index (χ0n) is 15.0. The lowest BCUT2D eigenvalue weighted by atomic mass is 10.1. The van der Waals surface area contributed by atoms with Crippen LogP contribution in [0.25, 0.3) is 0 Å². The summed E-state index contributed by atoms with van der Waals surface area (Å²) in [7, 11) is 0. The van der Waals surface area contributed by atoms with Crippen LogP contribution < -0.4 is 5.32 Å². The van der Waals surface area contributed by atoms with Gasteiger partial charge in [0.15, 0.2) is 0 Å². The van der Waals surface area contributed by atoms with Gasteiger partial charge in [-0.2, -0.15) is 0 Å². The molecule has 0 bridgehead atoms. The SMILES string of the molecule is Cc1ccc(NC(=O)C(C)Sc2nnnn2Cc2ccccc2)c(C)c1. The normalized spacial score (nSPS) is 12.0. The first-order valence-corrected chi connectivity index (χ1v) is 9.26. The minimum Gasteiger partial charge on any atom is -0.325 e. The molecule has 0 aliphatic carbocycles. The van der Waals surface area contributed by atoms with Gasteiger partial charge in [0.05, 0.1) is 11.8 Å². The zero-order chi connectivity index (χ0) is 18.5. The fraction of sp³-hybridized carbons (Fsp3) is 0.263. The molecule has 0 aliphatic heterocycles. The second-order valence-electron chi connectivity index (χ2n) is 6.17. The van der Waals surface area contributed by atoms with Crippen molar-refractivity contribution in [3.05, 3.63) is 65.2 Å². The molecule has 134 valence electrons. The molecule has 6 nitrogen and oxygen atoms in total. The van der Waals surface area contributed by atoms with Crippen LogP contribution in [0.1, 0.15) is 23.6 Å². The Kier molecular flexibility index (Phi) is 5.68. The average molecular weight is 367 g/mol. The number of nitrogens with zero attached hydrogens (tertiary/aromatic N) is 4. The van der Waals surface area contributed by atoms with Crippen LogP contribution in [0.4, 0.5) is 5.69 Å². The average Bonchev–Trinajstić information content (AvgIpc) is 3.05. The lowest BCUT2D eigenvalue weighted by Gasteiger charge is -2.13. The predicted octanol–water partition coefficient (Wildman–Crippen LogP) is 3.46. The van der Waals surface area contributed by atoms with Gasteiger partial charge in [-0.05, 0) is 48.4 Å². The number of aromatic nitrogens is 4. The molecule has 0 fully saturated rings. The van der Waals surface area contributed by atoms with E-state index in [9.17, 15) is 4.79 Å².